The van der Waals surface area contributed by atoms with Crippen molar-refractivity contribution in [1.29, 1.82) is 0 Å². The Hall–Kier alpha value is -3.42. The monoisotopic (exact) mass is 340 g/mol. The third kappa shape index (κ3) is 4.11. The van der Waals surface area contributed by atoms with Gasteiger partial charge in [-0.2, -0.15) is 0 Å². The average molecular weight is 340 g/mol. The number of hydrogen-bond acceptors (Lipinski definition) is 6. The Kier molecular flexibility index (Phi) is 4.89. The second-order valence-corrected chi connectivity index (χ2v) is 5.37. The topological polar surface area (TPSA) is 110 Å². The van der Waals surface area contributed by atoms with E-state index in [0.29, 0.717) is 6.54 Å². The van der Waals surface area contributed by atoms with Crippen LogP contribution in [-0.4, -0.2) is 21.8 Å². The minimum Gasteiger partial charge on any atom is -0.451 e. The fraction of sp³-hybridized carbons (Fsp3) is 0.176. The summed E-state index contributed by atoms with van der Waals surface area (Å²) in [4.78, 5) is 31.3. The smallest absolute Gasteiger partial charge is 0.273 e. The van der Waals surface area contributed by atoms with Gasteiger partial charge in [-0.05, 0) is 18.1 Å². The Balaban J connectivity index is 1.54. The Morgan fingerprint density at radius 2 is 1.60 bits per heavy atom. The van der Waals surface area contributed by atoms with Gasteiger partial charge in [0.05, 0.1) is 6.04 Å². The lowest BCUT2D eigenvalue weighted by atomic mass is 10.1. The van der Waals surface area contributed by atoms with Crippen LogP contribution in [0.5, 0.6) is 0 Å². The minimum absolute atomic E-state index is 0.192. The van der Waals surface area contributed by atoms with Crippen LogP contribution in [0.4, 0.5) is 0 Å². The summed E-state index contributed by atoms with van der Waals surface area (Å²) in [5, 5.41) is 5.59. The van der Waals surface area contributed by atoms with Gasteiger partial charge in [0.1, 0.15) is 12.5 Å². The lowest BCUT2D eigenvalue weighted by molar-refractivity contribution is 0.0930. The van der Waals surface area contributed by atoms with Gasteiger partial charge in [-0.15, -0.1) is 0 Å². The maximum Gasteiger partial charge on any atom is 0.273 e. The Labute approximate surface area is 143 Å². The lowest BCUT2D eigenvalue weighted by Crippen LogP contribution is -2.27. The van der Waals surface area contributed by atoms with Crippen LogP contribution in [0.1, 0.15) is 45.1 Å². The van der Waals surface area contributed by atoms with Gasteiger partial charge in [-0.25, -0.2) is 9.97 Å². The van der Waals surface area contributed by atoms with Crippen molar-refractivity contribution in [3.63, 3.8) is 0 Å². The van der Waals surface area contributed by atoms with Crippen molar-refractivity contribution >= 4 is 11.8 Å². The summed E-state index contributed by atoms with van der Waals surface area (Å²) in [6.45, 7) is 2.24. The molecule has 1 atom stereocenters. The predicted octanol–water partition coefficient (Wildman–Crippen LogP) is 2.08. The molecule has 0 bridgehead atoms. The lowest BCUT2D eigenvalue weighted by Gasteiger charge is -2.14. The highest BCUT2D eigenvalue weighted by Crippen LogP contribution is 2.14. The summed E-state index contributed by atoms with van der Waals surface area (Å²) in [7, 11) is 0. The van der Waals surface area contributed by atoms with Crippen LogP contribution < -0.4 is 10.6 Å². The quantitative estimate of drug-likeness (QED) is 0.711. The third-order valence-corrected chi connectivity index (χ3v) is 3.61. The summed E-state index contributed by atoms with van der Waals surface area (Å²) in [6, 6.07) is 7.37. The fourth-order valence-electron chi connectivity index (χ4n) is 2.20. The van der Waals surface area contributed by atoms with Crippen LogP contribution in [0.3, 0.4) is 0 Å². The van der Waals surface area contributed by atoms with Gasteiger partial charge in [-0.1, -0.05) is 24.3 Å². The molecule has 2 heterocycles. The zero-order valence-electron chi connectivity index (χ0n) is 13.4. The first kappa shape index (κ1) is 16.4. The molecule has 1 aromatic carbocycles. The van der Waals surface area contributed by atoms with Crippen molar-refractivity contribution in [1.82, 2.24) is 20.6 Å². The molecule has 8 nitrogen and oxygen atoms in total. The third-order valence-electron chi connectivity index (χ3n) is 3.61. The van der Waals surface area contributed by atoms with E-state index in [1.165, 1.54) is 25.3 Å². The van der Waals surface area contributed by atoms with Gasteiger partial charge in [0, 0.05) is 6.54 Å². The van der Waals surface area contributed by atoms with E-state index in [-0.39, 0.29) is 29.2 Å². The van der Waals surface area contributed by atoms with Crippen molar-refractivity contribution < 1.29 is 18.4 Å². The van der Waals surface area contributed by atoms with E-state index < -0.39 is 0 Å². The van der Waals surface area contributed by atoms with Crippen molar-refractivity contribution in [2.45, 2.75) is 19.5 Å². The van der Waals surface area contributed by atoms with E-state index in [0.717, 1.165) is 11.1 Å². The largest absolute Gasteiger partial charge is 0.451 e. The molecule has 0 aliphatic heterocycles. The molecule has 25 heavy (non-hydrogen) atoms. The van der Waals surface area contributed by atoms with Gasteiger partial charge < -0.3 is 19.5 Å². The van der Waals surface area contributed by atoms with Crippen molar-refractivity contribution in [2.75, 3.05) is 0 Å². The molecule has 2 N–H and O–H groups in total. The first-order valence-electron chi connectivity index (χ1n) is 7.58. The number of oxazole rings is 2. The maximum absolute atomic E-state index is 12.0. The summed E-state index contributed by atoms with van der Waals surface area (Å²) < 4.78 is 9.57. The number of carbonyl (C=O) groups is 2. The number of amides is 2. The molecule has 2 amide bonds. The van der Waals surface area contributed by atoms with E-state index >= 15 is 0 Å². The summed E-state index contributed by atoms with van der Waals surface area (Å²) in [5.74, 6) is -0.601. The van der Waals surface area contributed by atoms with Crippen LogP contribution in [0.15, 0.2) is 58.4 Å². The van der Waals surface area contributed by atoms with Gasteiger partial charge in [0.2, 0.25) is 0 Å². The molecular formula is C17H16N4O4. The SMILES string of the molecule is C[C@H](NC(=O)c1cocn1)c1ccc(CNC(=O)c2cocn2)cc1. The Morgan fingerprint density at radius 1 is 1.00 bits per heavy atom. The maximum atomic E-state index is 12.0. The first-order valence-corrected chi connectivity index (χ1v) is 7.58. The van der Waals surface area contributed by atoms with Crippen molar-refractivity contribution in [3.8, 4) is 0 Å². The molecule has 3 aromatic rings. The minimum atomic E-state index is -0.301. The van der Waals surface area contributed by atoms with Gasteiger partial charge in [0.25, 0.3) is 11.8 Å². The summed E-state index contributed by atoms with van der Waals surface area (Å²) in [5.41, 5.74) is 2.33. The number of benzene rings is 1. The average Bonchev–Trinajstić information content (AvgIpc) is 3.33. The molecule has 0 spiro atoms. The molecule has 0 aliphatic carbocycles. The molecule has 0 unspecified atom stereocenters. The second-order valence-electron chi connectivity index (χ2n) is 5.37. The highest BCUT2D eigenvalue weighted by atomic mass is 16.3. The van der Waals surface area contributed by atoms with Crippen LogP contribution >= 0.6 is 0 Å². The molecule has 0 aliphatic rings. The number of nitrogens with zero attached hydrogens (tertiary/aromatic N) is 2. The summed E-state index contributed by atoms with van der Waals surface area (Å²) >= 11 is 0. The van der Waals surface area contributed by atoms with E-state index in [2.05, 4.69) is 20.6 Å². The molecule has 128 valence electrons. The van der Waals surface area contributed by atoms with E-state index in [9.17, 15) is 9.59 Å². The van der Waals surface area contributed by atoms with Gasteiger partial charge in [-0.3, -0.25) is 9.59 Å². The second kappa shape index (κ2) is 7.43. The van der Waals surface area contributed by atoms with E-state index in [4.69, 9.17) is 8.83 Å². The molecule has 0 fully saturated rings. The van der Waals surface area contributed by atoms with Gasteiger partial charge in [0.15, 0.2) is 24.2 Å². The normalized spacial score (nSPS) is 11.7. The number of rotatable bonds is 6. The molecule has 3 rings (SSSR count). The van der Waals surface area contributed by atoms with Crippen LogP contribution in [0, 0.1) is 0 Å². The zero-order chi connectivity index (χ0) is 17.6. The molecule has 0 saturated heterocycles. The molecule has 2 aromatic heterocycles. The molecule has 8 heteroatoms. The highest BCUT2D eigenvalue weighted by molar-refractivity contribution is 5.92. The fourth-order valence-corrected chi connectivity index (χ4v) is 2.20. The number of aromatic nitrogens is 2. The van der Waals surface area contributed by atoms with Crippen LogP contribution in [0.25, 0.3) is 0 Å². The highest BCUT2D eigenvalue weighted by Gasteiger charge is 2.13. The van der Waals surface area contributed by atoms with Crippen molar-refractivity contribution in [2.24, 2.45) is 0 Å². The van der Waals surface area contributed by atoms with Gasteiger partial charge >= 0.3 is 0 Å². The number of nitrogens with one attached hydrogen (secondary N) is 2. The van der Waals surface area contributed by atoms with Crippen molar-refractivity contribution in [3.05, 3.63) is 72.1 Å². The standard InChI is InChI=1S/C17H16N4O4/c1-11(21-17(23)15-8-25-10-20-15)13-4-2-12(3-5-13)6-18-16(22)14-7-24-9-19-14/h2-5,7-11H,6H2,1H3,(H,18,22)(H,21,23)/t11-/m0/s1. The summed E-state index contributed by atoms with van der Waals surface area (Å²) in [6.07, 6.45) is 5.00. The first-order chi connectivity index (χ1) is 12.1. The molecular weight excluding hydrogens is 324 g/mol. The number of hydrogen-bond donors (Lipinski definition) is 2. The van der Waals surface area contributed by atoms with Crippen LogP contribution in [-0.2, 0) is 6.54 Å². The number of carbonyl (C=O) groups excluding carboxylic acids is 2. The molecule has 0 radical (unpaired) electrons. The predicted molar refractivity (Wildman–Crippen MR) is 86.5 cm³/mol. The van der Waals surface area contributed by atoms with E-state index in [1.807, 2.05) is 31.2 Å². The zero-order valence-corrected chi connectivity index (χ0v) is 13.4. The van der Waals surface area contributed by atoms with Crippen LogP contribution in [0.2, 0.25) is 0 Å². The molecule has 0 saturated carbocycles. The Bertz CT molecular complexity index is 826. The van der Waals surface area contributed by atoms with E-state index in [1.54, 1.807) is 0 Å². The Morgan fingerprint density at radius 3 is 2.16 bits per heavy atom.